The number of benzene rings is 2. The summed E-state index contributed by atoms with van der Waals surface area (Å²) < 4.78 is 16.6. The summed E-state index contributed by atoms with van der Waals surface area (Å²) in [5.74, 6) is 0.829. The number of rotatable bonds is 12. The first-order valence-corrected chi connectivity index (χ1v) is 11.9. The molecular formula is C27H30N4O7. The molecule has 0 aliphatic carbocycles. The van der Waals surface area contributed by atoms with Crippen molar-refractivity contribution < 1.29 is 28.4 Å². The van der Waals surface area contributed by atoms with Gasteiger partial charge in [0.25, 0.3) is 17.5 Å². The molecule has 38 heavy (non-hydrogen) atoms. The van der Waals surface area contributed by atoms with Crippen LogP contribution in [0.25, 0.3) is 11.3 Å². The lowest BCUT2D eigenvalue weighted by Crippen LogP contribution is -2.47. The number of hydrogen-bond acceptors (Lipinski definition) is 8. The number of nitro groups is 1. The Bertz CT molecular complexity index is 1320. The van der Waals surface area contributed by atoms with Gasteiger partial charge >= 0.3 is 0 Å². The van der Waals surface area contributed by atoms with Crippen molar-refractivity contribution in [1.29, 1.82) is 0 Å². The van der Waals surface area contributed by atoms with Crippen LogP contribution in [0.3, 0.4) is 0 Å². The predicted molar refractivity (Wildman–Crippen MR) is 141 cm³/mol. The van der Waals surface area contributed by atoms with E-state index in [1.54, 1.807) is 18.2 Å². The van der Waals surface area contributed by atoms with Crippen molar-refractivity contribution in [2.24, 2.45) is 11.0 Å². The van der Waals surface area contributed by atoms with Crippen LogP contribution < -0.4 is 20.2 Å². The van der Waals surface area contributed by atoms with Crippen LogP contribution in [-0.2, 0) is 9.59 Å². The quantitative estimate of drug-likeness (QED) is 0.206. The number of carbonyl (C=O) groups excluding carboxylic acids is 2. The number of hydrazone groups is 1. The normalized spacial score (nSPS) is 11.8. The number of para-hydroxylation sites is 1. The van der Waals surface area contributed by atoms with Crippen molar-refractivity contribution >= 4 is 23.7 Å². The number of methoxy groups -OCH3 is 1. The molecule has 0 aliphatic heterocycles. The van der Waals surface area contributed by atoms with Gasteiger partial charge in [0, 0.05) is 12.1 Å². The van der Waals surface area contributed by atoms with Crippen molar-refractivity contribution in [2.45, 2.75) is 33.2 Å². The molecule has 0 aliphatic rings. The van der Waals surface area contributed by atoms with E-state index >= 15 is 0 Å². The first-order chi connectivity index (χ1) is 18.2. The molecule has 0 bridgehead atoms. The van der Waals surface area contributed by atoms with Crippen LogP contribution in [0, 0.1) is 23.0 Å². The molecule has 11 heteroatoms. The fraction of sp³-hybridized carbons (Fsp3) is 0.296. The Labute approximate surface area is 220 Å². The molecule has 2 aromatic carbocycles. The smallest absolute Gasteiger partial charge is 0.270 e. The SMILES string of the molecule is COc1ccc([N+](=O)[O-])cc1-c1ccc(/C=N\NC(=O)[C@@H](CC(C)C)NC(=O)COc2ccccc2C)o1. The monoisotopic (exact) mass is 522 g/mol. The van der Waals surface area contributed by atoms with Gasteiger partial charge in [0.15, 0.2) is 6.61 Å². The van der Waals surface area contributed by atoms with Gasteiger partial charge in [0.1, 0.15) is 29.1 Å². The fourth-order valence-electron chi connectivity index (χ4n) is 3.61. The van der Waals surface area contributed by atoms with E-state index in [-0.39, 0.29) is 18.2 Å². The molecular weight excluding hydrogens is 492 g/mol. The Balaban J connectivity index is 1.62. The molecule has 2 N–H and O–H groups in total. The van der Waals surface area contributed by atoms with Crippen LogP contribution in [-0.4, -0.2) is 42.7 Å². The average molecular weight is 523 g/mol. The van der Waals surface area contributed by atoms with Crippen molar-refractivity contribution in [3.05, 3.63) is 76.0 Å². The van der Waals surface area contributed by atoms with Crippen molar-refractivity contribution in [1.82, 2.24) is 10.7 Å². The third-order valence-electron chi connectivity index (χ3n) is 5.46. The first kappa shape index (κ1) is 27.9. The maximum Gasteiger partial charge on any atom is 0.270 e. The molecule has 0 saturated carbocycles. The third-order valence-corrected chi connectivity index (χ3v) is 5.46. The van der Waals surface area contributed by atoms with Crippen LogP contribution in [0.5, 0.6) is 11.5 Å². The average Bonchev–Trinajstić information content (AvgIpc) is 3.35. The van der Waals surface area contributed by atoms with Crippen LogP contribution in [0.2, 0.25) is 0 Å². The van der Waals surface area contributed by atoms with E-state index in [2.05, 4.69) is 15.8 Å². The second-order valence-corrected chi connectivity index (χ2v) is 8.88. The first-order valence-electron chi connectivity index (χ1n) is 11.9. The lowest BCUT2D eigenvalue weighted by molar-refractivity contribution is -0.384. The summed E-state index contributed by atoms with van der Waals surface area (Å²) in [4.78, 5) is 35.8. The minimum absolute atomic E-state index is 0.109. The van der Waals surface area contributed by atoms with Gasteiger partial charge in [0.05, 0.1) is 23.8 Å². The van der Waals surface area contributed by atoms with E-state index in [4.69, 9.17) is 13.9 Å². The number of furan rings is 1. The van der Waals surface area contributed by atoms with Crippen LogP contribution in [0.1, 0.15) is 31.6 Å². The summed E-state index contributed by atoms with van der Waals surface area (Å²) >= 11 is 0. The van der Waals surface area contributed by atoms with Gasteiger partial charge in [-0.3, -0.25) is 19.7 Å². The van der Waals surface area contributed by atoms with E-state index in [9.17, 15) is 19.7 Å². The highest BCUT2D eigenvalue weighted by molar-refractivity contribution is 5.89. The number of non-ortho nitro benzene ring substituents is 1. The predicted octanol–water partition coefficient (Wildman–Crippen LogP) is 4.23. The number of nitrogens with one attached hydrogen (secondary N) is 2. The molecule has 0 unspecified atom stereocenters. The van der Waals surface area contributed by atoms with Crippen LogP contribution in [0.15, 0.2) is 64.1 Å². The highest BCUT2D eigenvalue weighted by Crippen LogP contribution is 2.34. The van der Waals surface area contributed by atoms with Crippen molar-refractivity contribution in [3.63, 3.8) is 0 Å². The topological polar surface area (TPSA) is 145 Å². The molecule has 0 spiro atoms. The van der Waals surface area contributed by atoms with Gasteiger partial charge < -0.3 is 19.2 Å². The number of hydrogen-bond donors (Lipinski definition) is 2. The van der Waals surface area contributed by atoms with E-state index < -0.39 is 22.8 Å². The molecule has 2 amide bonds. The number of ether oxygens (including phenoxy) is 2. The van der Waals surface area contributed by atoms with E-state index in [1.165, 1.54) is 31.5 Å². The Morgan fingerprint density at radius 3 is 2.58 bits per heavy atom. The highest BCUT2D eigenvalue weighted by atomic mass is 16.6. The van der Waals surface area contributed by atoms with Gasteiger partial charge in [-0.1, -0.05) is 32.0 Å². The summed E-state index contributed by atoms with van der Waals surface area (Å²) in [6, 6.07) is 13.9. The molecule has 3 rings (SSSR count). The summed E-state index contributed by atoms with van der Waals surface area (Å²) in [7, 11) is 1.45. The molecule has 0 radical (unpaired) electrons. The Kier molecular flexibility index (Phi) is 9.58. The molecule has 3 aromatic rings. The van der Waals surface area contributed by atoms with Gasteiger partial charge in [0.2, 0.25) is 0 Å². The lowest BCUT2D eigenvalue weighted by Gasteiger charge is -2.19. The van der Waals surface area contributed by atoms with Gasteiger partial charge in [-0.15, -0.1) is 0 Å². The molecule has 1 aromatic heterocycles. The Morgan fingerprint density at radius 2 is 1.89 bits per heavy atom. The van der Waals surface area contributed by atoms with Crippen LogP contribution in [0.4, 0.5) is 5.69 Å². The fourth-order valence-corrected chi connectivity index (χ4v) is 3.61. The third kappa shape index (κ3) is 7.66. The van der Waals surface area contributed by atoms with Gasteiger partial charge in [-0.2, -0.15) is 5.10 Å². The lowest BCUT2D eigenvalue weighted by atomic mass is 10.0. The molecule has 1 heterocycles. The summed E-state index contributed by atoms with van der Waals surface area (Å²) in [6.45, 7) is 5.52. The van der Waals surface area contributed by atoms with E-state index in [0.29, 0.717) is 35.0 Å². The number of carbonyl (C=O) groups is 2. The zero-order chi connectivity index (χ0) is 27.7. The van der Waals surface area contributed by atoms with Gasteiger partial charge in [-0.05, 0) is 49.1 Å². The second kappa shape index (κ2) is 13.0. The van der Waals surface area contributed by atoms with Crippen molar-refractivity contribution in [2.75, 3.05) is 13.7 Å². The number of nitrogens with zero attached hydrogens (tertiary/aromatic N) is 2. The number of amides is 2. The molecule has 0 saturated heterocycles. The van der Waals surface area contributed by atoms with Crippen molar-refractivity contribution in [3.8, 4) is 22.8 Å². The maximum atomic E-state index is 12.8. The molecule has 200 valence electrons. The van der Waals surface area contributed by atoms with E-state index in [0.717, 1.165) is 5.56 Å². The number of nitro benzene ring substituents is 1. The Morgan fingerprint density at radius 1 is 1.13 bits per heavy atom. The molecule has 1 atom stereocenters. The van der Waals surface area contributed by atoms with Crippen LogP contribution >= 0.6 is 0 Å². The summed E-state index contributed by atoms with van der Waals surface area (Å²) in [5.41, 5.74) is 3.61. The largest absolute Gasteiger partial charge is 0.496 e. The minimum atomic E-state index is -0.818. The maximum absolute atomic E-state index is 12.8. The molecule has 11 nitrogen and oxygen atoms in total. The standard InChI is InChI=1S/C27H30N4O7/c1-17(2)13-22(29-26(32)16-37-23-8-6-5-7-18(23)3)27(33)30-28-15-20-10-12-25(38-20)21-14-19(31(34)35)9-11-24(21)36-4/h5-12,14-15,17,22H,13,16H2,1-4H3,(H,29,32)(H,30,33)/b28-15-/t22-/m1/s1. The highest BCUT2D eigenvalue weighted by Gasteiger charge is 2.22. The zero-order valence-corrected chi connectivity index (χ0v) is 21.6. The second-order valence-electron chi connectivity index (χ2n) is 8.88. The minimum Gasteiger partial charge on any atom is -0.496 e. The zero-order valence-electron chi connectivity index (χ0n) is 21.6. The Hall–Kier alpha value is -4.67. The van der Waals surface area contributed by atoms with E-state index in [1.807, 2.05) is 39.0 Å². The van der Waals surface area contributed by atoms with Gasteiger partial charge in [-0.25, -0.2) is 5.43 Å². The molecule has 0 fully saturated rings. The summed E-state index contributed by atoms with van der Waals surface area (Å²) in [5, 5.41) is 17.8. The summed E-state index contributed by atoms with van der Waals surface area (Å²) in [6.07, 6.45) is 1.69. The number of aryl methyl sites for hydroxylation is 1.